The van der Waals surface area contributed by atoms with Gasteiger partial charge in [0.1, 0.15) is 12.3 Å². The van der Waals surface area contributed by atoms with Crippen molar-refractivity contribution in [1.29, 1.82) is 0 Å². The monoisotopic (exact) mass is 282 g/mol. The maximum absolute atomic E-state index is 12.2. The number of rotatable bonds is 4. The fourth-order valence-electron chi connectivity index (χ4n) is 2.20. The molecule has 0 bridgehead atoms. The molecule has 0 saturated heterocycles. The Labute approximate surface area is 121 Å². The van der Waals surface area contributed by atoms with E-state index in [2.05, 4.69) is 5.48 Å². The van der Waals surface area contributed by atoms with Crippen molar-refractivity contribution in [2.45, 2.75) is 6.61 Å². The lowest BCUT2D eigenvalue weighted by atomic mass is 10.2. The van der Waals surface area contributed by atoms with Crippen molar-refractivity contribution >= 4 is 17.2 Å². The third-order valence-corrected chi connectivity index (χ3v) is 3.22. The van der Waals surface area contributed by atoms with Gasteiger partial charge in [0.15, 0.2) is 0 Å². The first-order valence-corrected chi connectivity index (χ1v) is 6.51. The van der Waals surface area contributed by atoms with Gasteiger partial charge in [-0.15, -0.1) is 0 Å². The Bertz CT molecular complexity index is 766. The highest BCUT2D eigenvalue weighted by atomic mass is 16.5. The van der Waals surface area contributed by atoms with Crippen molar-refractivity contribution in [2.24, 2.45) is 0 Å². The van der Waals surface area contributed by atoms with Gasteiger partial charge in [-0.25, -0.2) is 4.79 Å². The van der Waals surface area contributed by atoms with Crippen LogP contribution in [0.5, 0.6) is 0 Å². The summed E-state index contributed by atoms with van der Waals surface area (Å²) in [5.74, 6) is -0.443. The Morgan fingerprint density at radius 1 is 1.14 bits per heavy atom. The zero-order valence-corrected chi connectivity index (χ0v) is 11.2. The summed E-state index contributed by atoms with van der Waals surface area (Å²) < 4.78 is 6.98. The summed E-state index contributed by atoms with van der Waals surface area (Å²) in [6.45, 7) is 0.210. The van der Waals surface area contributed by atoms with Crippen LogP contribution in [0, 0.1) is 0 Å². The number of carbonyl (C=O) groups excluding carboxylic acids is 1. The van der Waals surface area contributed by atoms with E-state index in [1.54, 1.807) is 22.7 Å². The van der Waals surface area contributed by atoms with Crippen molar-refractivity contribution < 1.29 is 14.7 Å². The quantitative estimate of drug-likeness (QED) is 0.570. The predicted molar refractivity (Wildman–Crippen MR) is 78.4 cm³/mol. The lowest BCUT2D eigenvalue weighted by Gasteiger charge is -2.05. The minimum Gasteiger partial charge on any atom is -0.456 e. The maximum Gasteiger partial charge on any atom is 0.355 e. The molecule has 0 aliphatic carbocycles. The molecule has 0 radical (unpaired) electrons. The Kier molecular flexibility index (Phi) is 3.57. The van der Waals surface area contributed by atoms with Gasteiger partial charge >= 0.3 is 5.97 Å². The lowest BCUT2D eigenvalue weighted by molar-refractivity contribution is 0.0464. The van der Waals surface area contributed by atoms with Gasteiger partial charge < -0.3 is 9.14 Å². The number of anilines is 1. The second-order valence-corrected chi connectivity index (χ2v) is 4.57. The summed E-state index contributed by atoms with van der Waals surface area (Å²) in [5, 5.41) is 9.12. The number of hydrogen-bond donors (Lipinski definition) is 2. The van der Waals surface area contributed by atoms with Gasteiger partial charge in [-0.1, -0.05) is 36.4 Å². The zero-order valence-electron chi connectivity index (χ0n) is 11.2. The molecule has 21 heavy (non-hydrogen) atoms. The second-order valence-electron chi connectivity index (χ2n) is 4.57. The molecule has 0 fully saturated rings. The fourth-order valence-corrected chi connectivity index (χ4v) is 2.20. The second kappa shape index (κ2) is 5.68. The summed E-state index contributed by atoms with van der Waals surface area (Å²) in [5.41, 5.74) is 4.53. The molecular weight excluding hydrogens is 268 g/mol. The van der Waals surface area contributed by atoms with Crippen LogP contribution in [0.1, 0.15) is 16.1 Å². The Morgan fingerprint density at radius 3 is 2.67 bits per heavy atom. The first-order valence-electron chi connectivity index (χ1n) is 6.51. The number of pyridine rings is 1. The third-order valence-electron chi connectivity index (χ3n) is 3.22. The molecule has 106 valence electrons. The predicted octanol–water partition coefficient (Wildman–Crippen LogP) is 3.10. The summed E-state index contributed by atoms with van der Waals surface area (Å²) in [6.07, 6.45) is 1.75. The highest BCUT2D eigenvalue weighted by Gasteiger charge is 2.16. The molecule has 2 N–H and O–H groups in total. The van der Waals surface area contributed by atoms with Gasteiger partial charge in [-0.05, 0) is 23.8 Å². The van der Waals surface area contributed by atoms with Gasteiger partial charge in [0.2, 0.25) is 0 Å². The largest absolute Gasteiger partial charge is 0.456 e. The van der Waals surface area contributed by atoms with E-state index in [0.29, 0.717) is 16.9 Å². The summed E-state index contributed by atoms with van der Waals surface area (Å²) in [4.78, 5) is 12.2. The van der Waals surface area contributed by atoms with Crippen LogP contribution in [0.15, 0.2) is 60.8 Å². The van der Waals surface area contributed by atoms with E-state index in [1.165, 1.54) is 0 Å². The van der Waals surface area contributed by atoms with Gasteiger partial charge in [-0.2, -0.15) is 0 Å². The van der Waals surface area contributed by atoms with Crippen molar-refractivity contribution in [2.75, 3.05) is 5.48 Å². The third kappa shape index (κ3) is 2.59. The molecule has 2 heterocycles. The molecule has 0 unspecified atom stereocenters. The summed E-state index contributed by atoms with van der Waals surface area (Å²) >= 11 is 0. The van der Waals surface area contributed by atoms with Gasteiger partial charge in [-0.3, -0.25) is 10.7 Å². The molecule has 1 aromatic carbocycles. The van der Waals surface area contributed by atoms with Crippen molar-refractivity contribution in [3.8, 4) is 0 Å². The van der Waals surface area contributed by atoms with E-state index < -0.39 is 5.97 Å². The Morgan fingerprint density at radius 2 is 1.90 bits per heavy atom. The molecule has 5 heteroatoms. The van der Waals surface area contributed by atoms with E-state index in [1.807, 2.05) is 42.5 Å². The number of benzene rings is 1. The first kappa shape index (κ1) is 13.2. The van der Waals surface area contributed by atoms with Crippen LogP contribution < -0.4 is 5.48 Å². The van der Waals surface area contributed by atoms with E-state index in [-0.39, 0.29) is 6.61 Å². The molecule has 2 aromatic heterocycles. The minimum atomic E-state index is -0.443. The van der Waals surface area contributed by atoms with Crippen LogP contribution >= 0.6 is 0 Å². The van der Waals surface area contributed by atoms with Crippen LogP contribution in [-0.2, 0) is 11.3 Å². The highest BCUT2D eigenvalue weighted by molar-refractivity contribution is 5.93. The first-order chi connectivity index (χ1) is 10.3. The number of aromatic nitrogens is 1. The van der Waals surface area contributed by atoms with Gasteiger partial charge in [0, 0.05) is 6.20 Å². The number of nitrogens with one attached hydrogen (secondary N) is 1. The normalized spacial score (nSPS) is 10.5. The molecule has 3 rings (SSSR count). The zero-order chi connectivity index (χ0) is 14.7. The van der Waals surface area contributed by atoms with Crippen molar-refractivity contribution in [3.05, 3.63) is 72.1 Å². The number of nitrogens with zero attached hydrogens (tertiary/aromatic N) is 1. The van der Waals surface area contributed by atoms with Gasteiger partial charge in [0.25, 0.3) is 0 Å². The highest BCUT2D eigenvalue weighted by Crippen LogP contribution is 2.22. The van der Waals surface area contributed by atoms with Crippen LogP contribution in [0.2, 0.25) is 0 Å². The number of carbonyl (C=O) groups is 1. The molecule has 0 spiro atoms. The average Bonchev–Trinajstić information content (AvgIpc) is 2.92. The SMILES string of the molecule is O=C(OCc1ccccc1)c1cc(NO)c2ccccn12. The topological polar surface area (TPSA) is 63.0 Å². The van der Waals surface area contributed by atoms with Gasteiger partial charge in [0.05, 0.1) is 11.2 Å². The van der Waals surface area contributed by atoms with Crippen LogP contribution in [0.25, 0.3) is 5.52 Å². The molecule has 3 aromatic rings. The van der Waals surface area contributed by atoms with E-state index in [4.69, 9.17) is 9.94 Å². The van der Waals surface area contributed by atoms with Crippen molar-refractivity contribution in [3.63, 3.8) is 0 Å². The van der Waals surface area contributed by atoms with E-state index in [9.17, 15) is 4.79 Å². The van der Waals surface area contributed by atoms with Crippen molar-refractivity contribution in [1.82, 2.24) is 4.40 Å². The number of esters is 1. The van der Waals surface area contributed by atoms with E-state index >= 15 is 0 Å². The Hall–Kier alpha value is -2.79. The maximum atomic E-state index is 12.2. The molecule has 5 nitrogen and oxygen atoms in total. The average molecular weight is 282 g/mol. The standard InChI is InChI=1S/C16H14N2O3/c19-16(21-11-12-6-2-1-3-7-12)15-10-13(17-20)14-8-4-5-9-18(14)15/h1-10,17,20H,11H2. The van der Waals surface area contributed by atoms with Crippen LogP contribution in [0.3, 0.4) is 0 Å². The number of fused-ring (bicyclic) bond motifs is 1. The molecule has 0 amide bonds. The molecule has 0 saturated carbocycles. The number of hydrogen-bond acceptors (Lipinski definition) is 4. The molecule has 0 atom stereocenters. The molecule has 0 aliphatic rings. The Balaban J connectivity index is 1.85. The molecular formula is C16H14N2O3. The minimum absolute atomic E-state index is 0.210. The molecule has 0 aliphatic heterocycles. The van der Waals surface area contributed by atoms with E-state index in [0.717, 1.165) is 5.56 Å². The summed E-state index contributed by atoms with van der Waals surface area (Å²) in [6, 6.07) is 16.5. The lowest BCUT2D eigenvalue weighted by Crippen LogP contribution is -2.08. The smallest absolute Gasteiger partial charge is 0.355 e. The number of ether oxygens (including phenoxy) is 1. The fraction of sp³-hybridized carbons (Fsp3) is 0.0625. The van der Waals surface area contributed by atoms with Crippen LogP contribution in [-0.4, -0.2) is 15.6 Å². The van der Waals surface area contributed by atoms with Crippen LogP contribution in [0.4, 0.5) is 5.69 Å². The summed E-state index contributed by atoms with van der Waals surface area (Å²) in [7, 11) is 0.